The lowest BCUT2D eigenvalue weighted by molar-refractivity contribution is 0.0397. The minimum Gasteiger partial charge on any atom is -0.487 e. The summed E-state index contributed by atoms with van der Waals surface area (Å²) in [7, 11) is 0. The number of allylic oxidation sites excluding steroid dienone is 1. The van der Waals surface area contributed by atoms with Crippen LogP contribution in [0.4, 0.5) is 0 Å². The summed E-state index contributed by atoms with van der Waals surface area (Å²) >= 11 is 0. The molecule has 0 aliphatic carbocycles. The Morgan fingerprint density at radius 2 is 2.04 bits per heavy atom. The second kappa shape index (κ2) is 8.26. The Labute approximate surface area is 141 Å². The molecule has 24 heavy (non-hydrogen) atoms. The van der Waals surface area contributed by atoms with Crippen molar-refractivity contribution in [1.29, 1.82) is 0 Å². The lowest BCUT2D eigenvalue weighted by Crippen LogP contribution is -2.32. The third-order valence-corrected chi connectivity index (χ3v) is 3.53. The van der Waals surface area contributed by atoms with E-state index in [9.17, 15) is 0 Å². The molecule has 1 aromatic carbocycles. The Kier molecular flexibility index (Phi) is 5.57. The van der Waals surface area contributed by atoms with Crippen molar-refractivity contribution in [3.05, 3.63) is 54.4 Å². The van der Waals surface area contributed by atoms with Crippen LogP contribution in [0.15, 0.2) is 48.2 Å². The van der Waals surface area contributed by atoms with Crippen LogP contribution in [0.3, 0.4) is 0 Å². The van der Waals surface area contributed by atoms with Crippen molar-refractivity contribution >= 4 is 6.21 Å². The first-order chi connectivity index (χ1) is 11.8. The fourth-order valence-electron chi connectivity index (χ4n) is 2.25. The number of hydrogen-bond acceptors (Lipinski definition) is 6. The van der Waals surface area contributed by atoms with Crippen molar-refractivity contribution in [2.45, 2.75) is 13.2 Å². The molecule has 0 unspecified atom stereocenters. The molecular weight excluding hydrogens is 306 g/mol. The van der Waals surface area contributed by atoms with Gasteiger partial charge in [0.1, 0.15) is 18.1 Å². The van der Waals surface area contributed by atoms with Crippen LogP contribution in [-0.2, 0) is 17.9 Å². The molecule has 2 heterocycles. The summed E-state index contributed by atoms with van der Waals surface area (Å²) in [5, 5.41) is 14.5. The molecule has 3 rings (SSSR count). The Hall–Kier alpha value is -2.67. The monoisotopic (exact) mass is 327 g/mol. The van der Waals surface area contributed by atoms with Gasteiger partial charge in [0.05, 0.1) is 45.3 Å². The highest BCUT2D eigenvalue weighted by molar-refractivity contribution is 5.79. The average Bonchev–Trinajstić information content (AvgIpc) is 3.08. The van der Waals surface area contributed by atoms with Gasteiger partial charge in [-0.3, -0.25) is 5.01 Å². The molecule has 0 saturated carbocycles. The van der Waals surface area contributed by atoms with Crippen LogP contribution >= 0.6 is 0 Å². The Morgan fingerprint density at radius 3 is 2.79 bits per heavy atom. The molecule has 1 aromatic heterocycles. The second-order valence-electron chi connectivity index (χ2n) is 5.39. The van der Waals surface area contributed by atoms with Gasteiger partial charge < -0.3 is 9.47 Å². The average molecular weight is 327 g/mol. The highest BCUT2D eigenvalue weighted by atomic mass is 16.5. The first-order valence-corrected chi connectivity index (χ1v) is 7.93. The lowest BCUT2D eigenvalue weighted by atomic mass is 10.2. The van der Waals surface area contributed by atoms with Gasteiger partial charge in [-0.2, -0.15) is 5.10 Å². The lowest BCUT2D eigenvalue weighted by Gasteiger charge is -2.23. The standard InChI is InChI=1S/C17H21N5O2/c1-2-7-22-13-16(19-20-22)14-24-17-5-3-15(4-6-17)12-18-21-8-10-23-11-9-21/h2-6,12-13H,1,7-11,14H2/b18-12+. The minimum atomic E-state index is 0.387. The zero-order valence-corrected chi connectivity index (χ0v) is 13.5. The van der Waals surface area contributed by atoms with Crippen molar-refractivity contribution in [2.24, 2.45) is 5.10 Å². The molecule has 1 saturated heterocycles. The summed E-state index contributed by atoms with van der Waals surface area (Å²) in [5.74, 6) is 0.789. The summed E-state index contributed by atoms with van der Waals surface area (Å²) < 4.78 is 12.7. The molecule has 2 aromatic rings. The molecule has 0 atom stereocenters. The maximum Gasteiger partial charge on any atom is 0.134 e. The molecule has 0 amide bonds. The molecular formula is C17H21N5O2. The maximum atomic E-state index is 5.72. The van der Waals surface area contributed by atoms with E-state index in [1.807, 2.05) is 41.7 Å². The molecule has 0 spiro atoms. The SMILES string of the molecule is C=CCn1cc(COc2ccc(/C=N/N3CCOCC3)cc2)nn1. The van der Waals surface area contributed by atoms with E-state index in [2.05, 4.69) is 22.0 Å². The third kappa shape index (κ3) is 4.66. The molecule has 0 radical (unpaired) electrons. The molecule has 0 bridgehead atoms. The highest BCUT2D eigenvalue weighted by Gasteiger charge is 2.06. The topological polar surface area (TPSA) is 64.8 Å². The van der Waals surface area contributed by atoms with E-state index >= 15 is 0 Å². The van der Waals surface area contributed by atoms with Crippen LogP contribution in [0.5, 0.6) is 5.75 Å². The number of aromatic nitrogens is 3. The fraction of sp³-hybridized carbons (Fsp3) is 0.353. The number of hydrazone groups is 1. The van der Waals surface area contributed by atoms with Gasteiger partial charge in [-0.15, -0.1) is 11.7 Å². The summed E-state index contributed by atoms with van der Waals surface area (Å²) in [6.45, 7) is 7.85. The molecule has 1 aliphatic heterocycles. The molecule has 7 nitrogen and oxygen atoms in total. The van der Waals surface area contributed by atoms with Crippen LogP contribution in [0, 0.1) is 0 Å². The number of hydrogen-bond donors (Lipinski definition) is 0. The zero-order valence-electron chi connectivity index (χ0n) is 13.5. The van der Waals surface area contributed by atoms with Gasteiger partial charge in [-0.05, 0) is 29.8 Å². The van der Waals surface area contributed by atoms with Gasteiger partial charge >= 0.3 is 0 Å². The quantitative estimate of drug-likeness (QED) is 0.572. The van der Waals surface area contributed by atoms with Crippen LogP contribution in [-0.4, -0.2) is 52.5 Å². The highest BCUT2D eigenvalue weighted by Crippen LogP contribution is 2.13. The summed E-state index contributed by atoms with van der Waals surface area (Å²) in [6.07, 6.45) is 5.48. The van der Waals surface area contributed by atoms with Crippen molar-refractivity contribution in [3.63, 3.8) is 0 Å². The van der Waals surface area contributed by atoms with E-state index in [-0.39, 0.29) is 0 Å². The summed E-state index contributed by atoms with van der Waals surface area (Å²) in [6, 6.07) is 7.81. The largest absolute Gasteiger partial charge is 0.487 e. The Morgan fingerprint density at radius 1 is 1.25 bits per heavy atom. The zero-order chi connectivity index (χ0) is 16.6. The van der Waals surface area contributed by atoms with E-state index in [1.54, 1.807) is 10.8 Å². The third-order valence-electron chi connectivity index (χ3n) is 3.53. The number of rotatable bonds is 7. The minimum absolute atomic E-state index is 0.387. The maximum absolute atomic E-state index is 5.72. The first kappa shape index (κ1) is 16.2. The van der Waals surface area contributed by atoms with E-state index in [4.69, 9.17) is 9.47 Å². The number of morpholine rings is 1. The van der Waals surface area contributed by atoms with Gasteiger partial charge in [0.25, 0.3) is 0 Å². The van der Waals surface area contributed by atoms with Crippen molar-refractivity contribution in [1.82, 2.24) is 20.0 Å². The van der Waals surface area contributed by atoms with Gasteiger partial charge in [0, 0.05) is 0 Å². The fourth-order valence-corrected chi connectivity index (χ4v) is 2.25. The van der Waals surface area contributed by atoms with Crippen LogP contribution < -0.4 is 4.74 Å². The van der Waals surface area contributed by atoms with Gasteiger partial charge in [0.15, 0.2) is 0 Å². The van der Waals surface area contributed by atoms with Gasteiger partial charge in [0.2, 0.25) is 0 Å². The first-order valence-electron chi connectivity index (χ1n) is 7.93. The Balaban J connectivity index is 1.50. The smallest absolute Gasteiger partial charge is 0.134 e. The molecule has 126 valence electrons. The van der Waals surface area contributed by atoms with Crippen LogP contribution in [0.1, 0.15) is 11.3 Å². The van der Waals surface area contributed by atoms with Gasteiger partial charge in [-0.1, -0.05) is 11.3 Å². The molecule has 1 fully saturated rings. The number of ether oxygens (including phenoxy) is 2. The van der Waals surface area contributed by atoms with Crippen molar-refractivity contribution in [3.8, 4) is 5.75 Å². The molecule has 1 aliphatic rings. The second-order valence-corrected chi connectivity index (χ2v) is 5.39. The predicted octanol–water partition coefficient (Wildman–Crippen LogP) is 1.71. The summed E-state index contributed by atoms with van der Waals surface area (Å²) in [5.41, 5.74) is 1.82. The van der Waals surface area contributed by atoms with E-state index in [1.165, 1.54) is 0 Å². The van der Waals surface area contributed by atoms with E-state index in [0.29, 0.717) is 13.2 Å². The van der Waals surface area contributed by atoms with Crippen molar-refractivity contribution < 1.29 is 9.47 Å². The predicted molar refractivity (Wildman–Crippen MR) is 91.0 cm³/mol. The van der Waals surface area contributed by atoms with Crippen LogP contribution in [0.2, 0.25) is 0 Å². The van der Waals surface area contributed by atoms with E-state index < -0.39 is 0 Å². The Bertz CT molecular complexity index is 675. The number of nitrogens with zero attached hydrogens (tertiary/aromatic N) is 5. The van der Waals surface area contributed by atoms with E-state index in [0.717, 1.165) is 43.3 Å². The number of benzene rings is 1. The van der Waals surface area contributed by atoms with Gasteiger partial charge in [-0.25, -0.2) is 4.68 Å². The molecule has 7 heteroatoms. The molecule has 0 N–H and O–H groups in total. The van der Waals surface area contributed by atoms with Crippen molar-refractivity contribution in [2.75, 3.05) is 26.3 Å². The summed E-state index contributed by atoms with van der Waals surface area (Å²) in [4.78, 5) is 0. The van der Waals surface area contributed by atoms with Crippen LogP contribution in [0.25, 0.3) is 0 Å². The normalized spacial score (nSPS) is 14.9.